The molecule has 0 spiro atoms. The third kappa shape index (κ3) is 2.52. The zero-order chi connectivity index (χ0) is 17.3. The normalized spacial score (nSPS) is 12.8. The van der Waals surface area contributed by atoms with Gasteiger partial charge in [-0.15, -0.1) is 5.10 Å². The second kappa shape index (κ2) is 6.24. The molecule has 1 aliphatic carbocycles. The highest BCUT2D eigenvalue weighted by molar-refractivity contribution is 5.78. The quantitative estimate of drug-likeness (QED) is 0.608. The van der Waals surface area contributed by atoms with E-state index in [2.05, 4.69) is 64.2 Å². The fraction of sp³-hybridized carbons (Fsp3) is 0.0909. The van der Waals surface area contributed by atoms with E-state index in [0.717, 1.165) is 11.4 Å². The molecule has 1 aliphatic rings. The number of hydrogen-bond donors (Lipinski definition) is 1. The van der Waals surface area contributed by atoms with E-state index >= 15 is 0 Å². The fourth-order valence-electron chi connectivity index (χ4n) is 3.67. The molecule has 1 heterocycles. The zero-order valence-electron chi connectivity index (χ0n) is 14.2. The molecule has 126 valence electrons. The lowest BCUT2D eigenvalue weighted by atomic mass is 10.1. The van der Waals surface area contributed by atoms with Crippen molar-refractivity contribution in [1.82, 2.24) is 20.3 Å². The molecule has 4 heteroatoms. The number of para-hydroxylation sites is 1. The summed E-state index contributed by atoms with van der Waals surface area (Å²) in [5.41, 5.74) is 7.22. The average Bonchev–Trinajstić information content (AvgIpc) is 3.30. The van der Waals surface area contributed by atoms with Crippen LogP contribution in [-0.2, 0) is 6.54 Å². The van der Waals surface area contributed by atoms with Gasteiger partial charge in [-0.1, -0.05) is 71.9 Å². The molecule has 26 heavy (non-hydrogen) atoms. The van der Waals surface area contributed by atoms with Crippen LogP contribution in [0.1, 0.15) is 22.9 Å². The van der Waals surface area contributed by atoms with Gasteiger partial charge in [-0.3, -0.25) is 0 Å². The molecule has 1 aromatic heterocycles. The van der Waals surface area contributed by atoms with Crippen LogP contribution in [0.2, 0.25) is 0 Å². The lowest BCUT2D eigenvalue weighted by Crippen LogP contribution is -2.20. The van der Waals surface area contributed by atoms with Gasteiger partial charge in [0.05, 0.1) is 23.6 Å². The first kappa shape index (κ1) is 15.0. The SMILES string of the molecule is c1ccc(-n2cc(CNC3c4ccccc4-c4ccccc43)nn2)cc1. The fourth-order valence-corrected chi connectivity index (χ4v) is 3.67. The molecule has 0 saturated carbocycles. The molecule has 0 saturated heterocycles. The van der Waals surface area contributed by atoms with Crippen molar-refractivity contribution in [2.75, 3.05) is 0 Å². The van der Waals surface area contributed by atoms with Crippen molar-refractivity contribution >= 4 is 0 Å². The third-order valence-electron chi connectivity index (χ3n) is 4.88. The smallest absolute Gasteiger partial charge is 0.0969 e. The van der Waals surface area contributed by atoms with Crippen LogP contribution in [0.25, 0.3) is 16.8 Å². The van der Waals surface area contributed by atoms with Gasteiger partial charge in [-0.25, -0.2) is 4.68 Å². The number of nitrogens with zero attached hydrogens (tertiary/aromatic N) is 3. The van der Waals surface area contributed by atoms with Crippen LogP contribution < -0.4 is 5.32 Å². The molecule has 0 unspecified atom stereocenters. The van der Waals surface area contributed by atoms with E-state index in [1.807, 2.05) is 41.2 Å². The van der Waals surface area contributed by atoms with E-state index in [1.54, 1.807) is 0 Å². The summed E-state index contributed by atoms with van der Waals surface area (Å²) in [4.78, 5) is 0. The molecule has 4 nitrogen and oxygen atoms in total. The number of benzene rings is 3. The van der Waals surface area contributed by atoms with E-state index in [4.69, 9.17) is 0 Å². The van der Waals surface area contributed by atoms with Crippen molar-refractivity contribution < 1.29 is 0 Å². The highest BCUT2D eigenvalue weighted by Gasteiger charge is 2.27. The van der Waals surface area contributed by atoms with Crippen LogP contribution >= 0.6 is 0 Å². The Hall–Kier alpha value is -3.24. The molecule has 0 radical (unpaired) electrons. The maximum Gasteiger partial charge on any atom is 0.0969 e. The summed E-state index contributed by atoms with van der Waals surface area (Å²) < 4.78 is 1.81. The van der Waals surface area contributed by atoms with Crippen molar-refractivity contribution in [1.29, 1.82) is 0 Å². The molecule has 0 atom stereocenters. The first-order chi connectivity index (χ1) is 12.9. The number of nitrogens with one attached hydrogen (secondary N) is 1. The second-order valence-electron chi connectivity index (χ2n) is 6.48. The summed E-state index contributed by atoms with van der Waals surface area (Å²) in [6.45, 7) is 0.667. The van der Waals surface area contributed by atoms with Crippen LogP contribution in [0.15, 0.2) is 85.1 Å². The molecule has 3 aromatic carbocycles. The minimum absolute atomic E-state index is 0.185. The van der Waals surface area contributed by atoms with Gasteiger partial charge in [0.2, 0.25) is 0 Å². The van der Waals surface area contributed by atoms with Crippen molar-refractivity contribution in [3.63, 3.8) is 0 Å². The molecule has 0 aliphatic heterocycles. The Morgan fingerprint density at radius 1 is 0.769 bits per heavy atom. The van der Waals surface area contributed by atoms with Crippen LogP contribution in [0.4, 0.5) is 0 Å². The Morgan fingerprint density at radius 3 is 2.08 bits per heavy atom. The standard InChI is InChI=1S/C22H18N4/c1-2-8-17(9-3-1)26-15-16(24-25-26)14-23-22-20-12-6-4-10-18(20)19-11-5-7-13-21(19)22/h1-13,15,22-23H,14H2. The average molecular weight is 338 g/mol. The number of rotatable bonds is 4. The van der Waals surface area contributed by atoms with Gasteiger partial charge in [-0.2, -0.15) is 0 Å². The van der Waals surface area contributed by atoms with E-state index < -0.39 is 0 Å². The van der Waals surface area contributed by atoms with E-state index in [0.29, 0.717) is 6.54 Å². The molecular formula is C22H18N4. The van der Waals surface area contributed by atoms with Gasteiger partial charge in [-0.05, 0) is 34.4 Å². The second-order valence-corrected chi connectivity index (χ2v) is 6.48. The number of aromatic nitrogens is 3. The molecule has 4 aromatic rings. The lowest BCUT2D eigenvalue weighted by Gasteiger charge is -2.14. The van der Waals surface area contributed by atoms with Gasteiger partial charge < -0.3 is 5.32 Å². The van der Waals surface area contributed by atoms with Gasteiger partial charge >= 0.3 is 0 Å². The summed E-state index contributed by atoms with van der Waals surface area (Å²) in [5.74, 6) is 0. The summed E-state index contributed by atoms with van der Waals surface area (Å²) >= 11 is 0. The highest BCUT2D eigenvalue weighted by atomic mass is 15.4. The lowest BCUT2D eigenvalue weighted by molar-refractivity contribution is 0.605. The molecular weight excluding hydrogens is 320 g/mol. The summed E-state index contributed by atoms with van der Waals surface area (Å²) in [5, 5.41) is 12.2. The van der Waals surface area contributed by atoms with Crippen molar-refractivity contribution in [2.24, 2.45) is 0 Å². The summed E-state index contributed by atoms with van der Waals surface area (Å²) in [6, 6.07) is 27.4. The number of fused-ring (bicyclic) bond motifs is 3. The predicted octanol–water partition coefficient (Wildman–Crippen LogP) is 4.13. The Kier molecular flexibility index (Phi) is 3.61. The van der Waals surface area contributed by atoms with Crippen molar-refractivity contribution in [3.8, 4) is 16.8 Å². The topological polar surface area (TPSA) is 42.7 Å². The van der Waals surface area contributed by atoms with Crippen LogP contribution in [0.5, 0.6) is 0 Å². The summed E-state index contributed by atoms with van der Waals surface area (Å²) in [6.07, 6.45) is 1.98. The Bertz CT molecular complexity index is 1010. The monoisotopic (exact) mass is 338 g/mol. The van der Waals surface area contributed by atoms with Crippen molar-refractivity contribution in [2.45, 2.75) is 12.6 Å². The molecule has 0 bridgehead atoms. The molecule has 1 N–H and O–H groups in total. The first-order valence-electron chi connectivity index (χ1n) is 8.78. The minimum atomic E-state index is 0.185. The maximum absolute atomic E-state index is 4.32. The summed E-state index contributed by atoms with van der Waals surface area (Å²) in [7, 11) is 0. The largest absolute Gasteiger partial charge is 0.300 e. The van der Waals surface area contributed by atoms with Gasteiger partial charge in [0.1, 0.15) is 0 Å². The minimum Gasteiger partial charge on any atom is -0.300 e. The highest BCUT2D eigenvalue weighted by Crippen LogP contribution is 2.43. The van der Waals surface area contributed by atoms with Crippen LogP contribution in [-0.4, -0.2) is 15.0 Å². The molecule has 0 amide bonds. The van der Waals surface area contributed by atoms with Crippen molar-refractivity contribution in [3.05, 3.63) is 102 Å². The van der Waals surface area contributed by atoms with Gasteiger partial charge in [0.25, 0.3) is 0 Å². The number of hydrogen-bond acceptors (Lipinski definition) is 3. The Balaban J connectivity index is 1.40. The van der Waals surface area contributed by atoms with E-state index in [1.165, 1.54) is 22.3 Å². The zero-order valence-corrected chi connectivity index (χ0v) is 14.2. The van der Waals surface area contributed by atoms with E-state index in [-0.39, 0.29) is 6.04 Å². The molecule has 5 rings (SSSR count). The Morgan fingerprint density at radius 2 is 1.38 bits per heavy atom. The van der Waals surface area contributed by atoms with Gasteiger partial charge in [0.15, 0.2) is 0 Å². The maximum atomic E-state index is 4.32. The Labute approximate surface area is 152 Å². The predicted molar refractivity (Wildman–Crippen MR) is 102 cm³/mol. The van der Waals surface area contributed by atoms with Crippen LogP contribution in [0.3, 0.4) is 0 Å². The molecule has 0 fully saturated rings. The third-order valence-corrected chi connectivity index (χ3v) is 4.88. The van der Waals surface area contributed by atoms with E-state index in [9.17, 15) is 0 Å². The first-order valence-corrected chi connectivity index (χ1v) is 8.78. The van der Waals surface area contributed by atoms with Crippen LogP contribution in [0, 0.1) is 0 Å². The van der Waals surface area contributed by atoms with Gasteiger partial charge in [0, 0.05) is 6.54 Å².